The third kappa shape index (κ3) is 3.23. The summed E-state index contributed by atoms with van der Waals surface area (Å²) in [6, 6.07) is 5.84. The molecule has 3 nitrogen and oxygen atoms in total. The standard InChI is InChI=1S/C16H25NO2S/c1-4-17-14-6-5-7-15(11-14)20(18,19)16-9-8-12(2)13(3)10-16/h8-10,14-15,17H,4-7,11H2,1-3H3. The number of sulfone groups is 1. The van der Waals surface area contributed by atoms with E-state index in [1.807, 2.05) is 26.0 Å². The molecular formula is C16H25NO2S. The van der Waals surface area contributed by atoms with Crippen LogP contribution in [-0.4, -0.2) is 26.3 Å². The number of aryl methyl sites for hydroxylation is 2. The Labute approximate surface area is 122 Å². The predicted molar refractivity (Wildman–Crippen MR) is 82.8 cm³/mol. The van der Waals surface area contributed by atoms with E-state index in [0.29, 0.717) is 10.9 Å². The molecule has 1 aromatic rings. The van der Waals surface area contributed by atoms with Crippen molar-refractivity contribution < 1.29 is 8.42 Å². The van der Waals surface area contributed by atoms with E-state index in [0.717, 1.165) is 43.4 Å². The summed E-state index contributed by atoms with van der Waals surface area (Å²) in [6.45, 7) is 6.95. The zero-order chi connectivity index (χ0) is 14.8. The summed E-state index contributed by atoms with van der Waals surface area (Å²) in [5.74, 6) is 0. The van der Waals surface area contributed by atoms with Crippen LogP contribution < -0.4 is 5.32 Å². The Morgan fingerprint density at radius 2 is 1.95 bits per heavy atom. The highest BCUT2D eigenvalue weighted by Crippen LogP contribution is 2.29. The van der Waals surface area contributed by atoms with Crippen LogP contribution in [0, 0.1) is 13.8 Å². The third-order valence-electron chi connectivity index (χ3n) is 4.36. The lowest BCUT2D eigenvalue weighted by Gasteiger charge is -2.29. The molecule has 0 aliphatic heterocycles. The molecule has 0 heterocycles. The fourth-order valence-corrected chi connectivity index (χ4v) is 4.93. The van der Waals surface area contributed by atoms with Crippen LogP contribution in [0.4, 0.5) is 0 Å². The quantitative estimate of drug-likeness (QED) is 0.929. The number of rotatable bonds is 4. The first-order valence-corrected chi connectivity index (χ1v) is 9.04. The zero-order valence-corrected chi connectivity index (χ0v) is 13.5. The highest BCUT2D eigenvalue weighted by molar-refractivity contribution is 7.92. The maximum atomic E-state index is 12.8. The Morgan fingerprint density at radius 1 is 1.20 bits per heavy atom. The molecule has 0 spiro atoms. The maximum absolute atomic E-state index is 12.8. The van der Waals surface area contributed by atoms with Crippen LogP contribution in [0.2, 0.25) is 0 Å². The molecule has 1 fully saturated rings. The van der Waals surface area contributed by atoms with Gasteiger partial charge in [0.25, 0.3) is 0 Å². The van der Waals surface area contributed by atoms with Crippen molar-refractivity contribution >= 4 is 9.84 Å². The highest BCUT2D eigenvalue weighted by atomic mass is 32.2. The Bertz CT molecular complexity index is 564. The second-order valence-corrected chi connectivity index (χ2v) is 8.06. The molecule has 2 rings (SSSR count). The van der Waals surface area contributed by atoms with Crippen LogP contribution in [-0.2, 0) is 9.84 Å². The first-order valence-electron chi connectivity index (χ1n) is 7.49. The van der Waals surface area contributed by atoms with E-state index in [2.05, 4.69) is 12.2 Å². The van der Waals surface area contributed by atoms with Crippen molar-refractivity contribution in [2.24, 2.45) is 0 Å². The van der Waals surface area contributed by atoms with Gasteiger partial charge in [-0.25, -0.2) is 8.42 Å². The lowest BCUT2D eigenvalue weighted by atomic mass is 9.95. The molecule has 0 radical (unpaired) electrons. The van der Waals surface area contributed by atoms with Gasteiger partial charge in [0.2, 0.25) is 0 Å². The molecule has 20 heavy (non-hydrogen) atoms. The predicted octanol–water partition coefficient (Wildman–Crippen LogP) is 3.00. The van der Waals surface area contributed by atoms with Gasteiger partial charge in [-0.3, -0.25) is 0 Å². The molecule has 2 atom stereocenters. The molecule has 1 aliphatic rings. The monoisotopic (exact) mass is 295 g/mol. The Hall–Kier alpha value is -0.870. The molecule has 112 valence electrons. The molecule has 4 heteroatoms. The average Bonchev–Trinajstić information content (AvgIpc) is 2.42. The van der Waals surface area contributed by atoms with E-state index in [-0.39, 0.29) is 5.25 Å². The first kappa shape index (κ1) is 15.5. The van der Waals surface area contributed by atoms with Gasteiger partial charge in [-0.2, -0.15) is 0 Å². The van der Waals surface area contributed by atoms with Crippen LogP contribution in [0.3, 0.4) is 0 Å². The van der Waals surface area contributed by atoms with Gasteiger partial charge in [0.1, 0.15) is 0 Å². The molecule has 1 saturated carbocycles. The second kappa shape index (κ2) is 6.27. The first-order chi connectivity index (χ1) is 9.45. The van der Waals surface area contributed by atoms with Crippen LogP contribution >= 0.6 is 0 Å². The summed E-state index contributed by atoms with van der Waals surface area (Å²) in [5.41, 5.74) is 2.18. The molecule has 1 aromatic carbocycles. The van der Waals surface area contributed by atoms with Crippen molar-refractivity contribution in [2.75, 3.05) is 6.54 Å². The zero-order valence-electron chi connectivity index (χ0n) is 12.6. The molecule has 1 N–H and O–H groups in total. The van der Waals surface area contributed by atoms with Crippen LogP contribution in [0.25, 0.3) is 0 Å². The van der Waals surface area contributed by atoms with Crippen molar-refractivity contribution in [3.05, 3.63) is 29.3 Å². The molecule has 2 unspecified atom stereocenters. The Kier molecular flexibility index (Phi) is 4.86. The minimum atomic E-state index is -3.19. The van der Waals surface area contributed by atoms with E-state index in [1.165, 1.54) is 0 Å². The summed E-state index contributed by atoms with van der Waals surface area (Å²) in [4.78, 5) is 0.489. The molecule has 0 saturated heterocycles. The summed E-state index contributed by atoms with van der Waals surface area (Å²) in [7, 11) is -3.19. The summed E-state index contributed by atoms with van der Waals surface area (Å²) in [6.07, 6.45) is 3.61. The summed E-state index contributed by atoms with van der Waals surface area (Å²) >= 11 is 0. The molecule has 0 aromatic heterocycles. The van der Waals surface area contributed by atoms with E-state index in [1.54, 1.807) is 6.07 Å². The minimum Gasteiger partial charge on any atom is -0.314 e. The third-order valence-corrected chi connectivity index (χ3v) is 6.58. The lowest BCUT2D eigenvalue weighted by Crippen LogP contribution is -2.39. The van der Waals surface area contributed by atoms with Gasteiger partial charge in [0.15, 0.2) is 9.84 Å². The molecule has 1 aliphatic carbocycles. The van der Waals surface area contributed by atoms with E-state index in [4.69, 9.17) is 0 Å². The fraction of sp³-hybridized carbons (Fsp3) is 0.625. The Balaban J connectivity index is 2.23. The topological polar surface area (TPSA) is 46.2 Å². The SMILES string of the molecule is CCNC1CCCC(S(=O)(=O)c2ccc(C)c(C)c2)C1. The average molecular weight is 295 g/mol. The van der Waals surface area contributed by atoms with E-state index < -0.39 is 9.84 Å². The van der Waals surface area contributed by atoms with Crippen LogP contribution in [0.1, 0.15) is 43.7 Å². The lowest BCUT2D eigenvalue weighted by molar-refractivity contribution is 0.377. The van der Waals surface area contributed by atoms with Gasteiger partial charge < -0.3 is 5.32 Å². The van der Waals surface area contributed by atoms with Gasteiger partial charge >= 0.3 is 0 Å². The minimum absolute atomic E-state index is 0.234. The largest absolute Gasteiger partial charge is 0.314 e. The van der Waals surface area contributed by atoms with Crippen molar-refractivity contribution in [1.82, 2.24) is 5.32 Å². The second-order valence-electron chi connectivity index (χ2n) is 5.83. The van der Waals surface area contributed by atoms with Gasteiger partial charge in [0, 0.05) is 6.04 Å². The number of hydrogen-bond acceptors (Lipinski definition) is 3. The highest BCUT2D eigenvalue weighted by Gasteiger charge is 2.32. The summed E-state index contributed by atoms with van der Waals surface area (Å²) in [5, 5.41) is 3.16. The van der Waals surface area contributed by atoms with Gasteiger partial charge in [-0.05, 0) is 62.9 Å². The molecule has 0 amide bonds. The van der Waals surface area contributed by atoms with Crippen molar-refractivity contribution in [3.8, 4) is 0 Å². The van der Waals surface area contributed by atoms with E-state index >= 15 is 0 Å². The fourth-order valence-electron chi connectivity index (χ4n) is 2.98. The molecule has 0 bridgehead atoms. The van der Waals surface area contributed by atoms with E-state index in [9.17, 15) is 8.42 Å². The van der Waals surface area contributed by atoms with Crippen LogP contribution in [0.15, 0.2) is 23.1 Å². The smallest absolute Gasteiger partial charge is 0.181 e. The van der Waals surface area contributed by atoms with Crippen molar-refractivity contribution in [2.45, 2.75) is 62.6 Å². The van der Waals surface area contributed by atoms with Crippen molar-refractivity contribution in [3.63, 3.8) is 0 Å². The molecular weight excluding hydrogens is 270 g/mol. The number of nitrogens with one attached hydrogen (secondary N) is 1. The van der Waals surface area contributed by atoms with Gasteiger partial charge in [-0.15, -0.1) is 0 Å². The maximum Gasteiger partial charge on any atom is 0.181 e. The van der Waals surface area contributed by atoms with Crippen LogP contribution in [0.5, 0.6) is 0 Å². The van der Waals surface area contributed by atoms with Gasteiger partial charge in [0.05, 0.1) is 10.1 Å². The number of hydrogen-bond donors (Lipinski definition) is 1. The van der Waals surface area contributed by atoms with Gasteiger partial charge in [-0.1, -0.05) is 19.4 Å². The Morgan fingerprint density at radius 3 is 2.60 bits per heavy atom. The normalized spacial score (nSPS) is 23.8. The van der Waals surface area contributed by atoms with Crippen molar-refractivity contribution in [1.29, 1.82) is 0 Å². The summed E-state index contributed by atoms with van der Waals surface area (Å²) < 4.78 is 25.5. The number of benzene rings is 1.